The Morgan fingerprint density at radius 3 is 1.42 bits per heavy atom. The summed E-state index contributed by atoms with van der Waals surface area (Å²) in [6.07, 6.45) is 0.404. The summed E-state index contributed by atoms with van der Waals surface area (Å²) in [5.74, 6) is 3.61. The van der Waals surface area contributed by atoms with E-state index in [1.807, 2.05) is 82.6 Å². The maximum Gasteiger partial charge on any atom is 0.254 e. The number of rotatable bonds is 17. The minimum absolute atomic E-state index is 0. The Balaban J connectivity index is 0.000000250. The maximum atomic E-state index is 13.4. The van der Waals surface area contributed by atoms with Crippen molar-refractivity contribution in [2.45, 2.75) is 150 Å². The smallest absolute Gasteiger partial charge is 0.254 e. The Morgan fingerprint density at radius 2 is 1.06 bits per heavy atom. The van der Waals surface area contributed by atoms with Gasteiger partial charge in [0.05, 0.1) is 65.8 Å². The number of hydrogen-bond acceptors (Lipinski definition) is 16. The van der Waals surface area contributed by atoms with Crippen LogP contribution < -0.4 is 28.7 Å². The van der Waals surface area contributed by atoms with Crippen LogP contribution in [0.25, 0.3) is 0 Å². The highest BCUT2D eigenvalue weighted by molar-refractivity contribution is 5.82. The summed E-state index contributed by atoms with van der Waals surface area (Å²) in [5, 5.41) is 40.7. The molecule has 0 bridgehead atoms. The van der Waals surface area contributed by atoms with E-state index in [0.29, 0.717) is 67.6 Å². The van der Waals surface area contributed by atoms with Crippen molar-refractivity contribution in [3.63, 3.8) is 0 Å². The number of aromatic nitrogens is 2. The zero-order valence-electron chi connectivity index (χ0n) is 47.0. The lowest BCUT2D eigenvalue weighted by Gasteiger charge is -2.40. The predicted molar refractivity (Wildman–Crippen MR) is 306 cm³/mol. The van der Waals surface area contributed by atoms with E-state index >= 15 is 0 Å². The van der Waals surface area contributed by atoms with Crippen molar-refractivity contribution in [3.8, 4) is 23.0 Å². The van der Waals surface area contributed by atoms with E-state index in [-0.39, 0.29) is 58.0 Å². The first-order chi connectivity index (χ1) is 36.5. The molecule has 18 nitrogen and oxygen atoms in total. The second kappa shape index (κ2) is 25.4. The lowest BCUT2D eigenvalue weighted by Crippen LogP contribution is -2.54. The standard InChI is InChI=1S/C31H43N3O6.C28H39N3O6.2CH4/c1-19(2)22-9-11-28(32-13-22)33-14-23(15-33)39-26-12-21(8-10-25(26)37-7)24-16-34(18-31(24,6)20(3)35)29(36)27-17-38-30(4,5)40-27;1-17(2)20-7-9-26(29-11-20)30-12-21(13-30)37-25-10-19(6-8-24(25)36-5)22-14-31(27(35)23(34)15-32)16-28(22,4)18(3)33;;/h8-13,19-20,23-24,27,35H,14-18H2,1-7H3;6-11,17-18,21-23,32-34H,12-16H2,1-5H3;2*1H4/t20-,24+,27+,31+;18-,22+,23+,28+;;/m11../s1. The lowest BCUT2D eigenvalue weighted by molar-refractivity contribution is -0.159. The SMILES string of the molecule is C.C.COc1ccc([C@@H]2CN(C(=O)[C@@H](O)CO)C[C@@]2(C)[C@@H](C)O)cc1OC1CN(c2ccc(C(C)C)cn2)C1.COc1ccc([C@@H]2CN(C(=O)[C@@H]3COC(C)(C)O3)C[C@@]2(C)[C@@H](C)O)cc1OC1CN(c2ccc(C(C)C)cn2)C1. The largest absolute Gasteiger partial charge is 0.493 e. The van der Waals surface area contributed by atoms with E-state index in [2.05, 4.69) is 65.7 Å². The average Bonchev–Trinajstić information content (AvgIpc) is 4.24. The number of aliphatic hydroxyl groups excluding tert-OH is 4. The molecule has 0 saturated carbocycles. The molecule has 0 spiro atoms. The molecule has 436 valence electrons. The van der Waals surface area contributed by atoms with Gasteiger partial charge in [-0.15, -0.1) is 0 Å². The molecule has 2 amide bonds. The molecule has 0 aliphatic carbocycles. The number of hydrogen-bond donors (Lipinski definition) is 4. The summed E-state index contributed by atoms with van der Waals surface area (Å²) in [5.41, 5.74) is 3.16. The third-order valence-electron chi connectivity index (χ3n) is 16.7. The number of carbonyl (C=O) groups excluding carboxylic acids is 2. The Kier molecular flexibility index (Phi) is 20.0. The number of aliphatic hydroxyl groups is 4. The molecule has 7 heterocycles. The number of amides is 2. The number of likely N-dealkylation sites (tertiary alicyclic amines) is 2. The Labute approximate surface area is 468 Å². The van der Waals surface area contributed by atoms with E-state index in [0.717, 1.165) is 35.9 Å². The minimum Gasteiger partial charge on any atom is -0.493 e. The minimum atomic E-state index is -1.47. The summed E-state index contributed by atoms with van der Waals surface area (Å²) >= 11 is 0. The Bertz CT molecular complexity index is 2660. The zero-order chi connectivity index (χ0) is 55.7. The van der Waals surface area contributed by atoms with E-state index in [9.17, 15) is 30.0 Å². The molecule has 4 N–H and O–H groups in total. The topological polar surface area (TPSA) is 209 Å². The Hall–Kier alpha value is -5.76. The van der Waals surface area contributed by atoms with Crippen molar-refractivity contribution in [2.24, 2.45) is 10.8 Å². The number of pyridine rings is 2. The molecule has 2 aromatic heterocycles. The number of methoxy groups -OCH3 is 2. The number of anilines is 2. The van der Waals surface area contributed by atoms with Gasteiger partial charge in [-0.2, -0.15) is 0 Å². The molecule has 4 aromatic rings. The highest BCUT2D eigenvalue weighted by Gasteiger charge is 2.52. The van der Waals surface area contributed by atoms with Gasteiger partial charge in [0, 0.05) is 61.2 Å². The molecule has 5 aliphatic rings. The van der Waals surface area contributed by atoms with Crippen LogP contribution in [-0.4, -0.2) is 174 Å². The van der Waals surface area contributed by atoms with Crippen LogP contribution >= 0.6 is 0 Å². The summed E-state index contributed by atoms with van der Waals surface area (Å²) in [6.45, 7) is 23.7. The van der Waals surface area contributed by atoms with E-state index < -0.39 is 53.5 Å². The number of carbonyl (C=O) groups is 2. The molecule has 79 heavy (non-hydrogen) atoms. The summed E-state index contributed by atoms with van der Waals surface area (Å²) in [7, 11) is 3.23. The molecule has 0 unspecified atom stereocenters. The van der Waals surface area contributed by atoms with Gasteiger partial charge in [0.15, 0.2) is 41.0 Å². The van der Waals surface area contributed by atoms with Crippen LogP contribution in [0.1, 0.15) is 130 Å². The van der Waals surface area contributed by atoms with E-state index in [1.165, 1.54) is 16.0 Å². The third kappa shape index (κ3) is 13.4. The van der Waals surface area contributed by atoms with Crippen LogP contribution in [0.2, 0.25) is 0 Å². The molecule has 8 atom stereocenters. The van der Waals surface area contributed by atoms with E-state index in [1.54, 1.807) is 33.0 Å². The van der Waals surface area contributed by atoms with Crippen LogP contribution in [0, 0.1) is 10.8 Å². The second-order valence-electron chi connectivity index (χ2n) is 23.2. The van der Waals surface area contributed by atoms with Crippen molar-refractivity contribution in [2.75, 3.05) is 89.6 Å². The van der Waals surface area contributed by atoms with Crippen LogP contribution in [0.5, 0.6) is 23.0 Å². The van der Waals surface area contributed by atoms with Crippen molar-refractivity contribution >= 4 is 23.5 Å². The quantitative estimate of drug-likeness (QED) is 0.0814. The fourth-order valence-corrected chi connectivity index (χ4v) is 11.1. The molecule has 0 radical (unpaired) electrons. The van der Waals surface area contributed by atoms with Gasteiger partial charge in [0.2, 0.25) is 0 Å². The first kappa shape index (κ1) is 62.4. The second-order valence-corrected chi connectivity index (χ2v) is 23.2. The van der Waals surface area contributed by atoms with Crippen LogP contribution in [-0.2, 0) is 19.1 Å². The fraction of sp³-hybridized carbons (Fsp3) is 0.607. The lowest BCUT2D eigenvalue weighted by atomic mass is 9.72. The van der Waals surface area contributed by atoms with Gasteiger partial charge < -0.3 is 68.4 Å². The van der Waals surface area contributed by atoms with Crippen molar-refractivity contribution in [1.82, 2.24) is 19.8 Å². The van der Waals surface area contributed by atoms with Gasteiger partial charge in [0.25, 0.3) is 11.8 Å². The monoisotopic (exact) mass is 1100 g/mol. The predicted octanol–water partition coefficient (Wildman–Crippen LogP) is 7.37. The average molecular weight is 1100 g/mol. The van der Waals surface area contributed by atoms with E-state index in [4.69, 9.17) is 28.4 Å². The number of nitrogens with zero attached hydrogens (tertiary/aromatic N) is 6. The molecule has 9 rings (SSSR count). The van der Waals surface area contributed by atoms with Gasteiger partial charge in [0.1, 0.15) is 23.8 Å². The van der Waals surface area contributed by atoms with Crippen molar-refractivity contribution in [3.05, 3.63) is 95.3 Å². The first-order valence-corrected chi connectivity index (χ1v) is 27.1. The van der Waals surface area contributed by atoms with Crippen LogP contribution in [0.3, 0.4) is 0 Å². The molecule has 5 fully saturated rings. The molecular weight excluding hydrogens is 1010 g/mol. The summed E-state index contributed by atoms with van der Waals surface area (Å²) in [4.78, 5) is 42.9. The van der Waals surface area contributed by atoms with Gasteiger partial charge in [-0.05, 0) is 98.2 Å². The first-order valence-electron chi connectivity index (χ1n) is 27.1. The Morgan fingerprint density at radius 1 is 0.633 bits per heavy atom. The van der Waals surface area contributed by atoms with Crippen LogP contribution in [0.4, 0.5) is 11.6 Å². The molecule has 5 saturated heterocycles. The molecule has 2 aromatic carbocycles. The fourth-order valence-electron chi connectivity index (χ4n) is 11.1. The zero-order valence-corrected chi connectivity index (χ0v) is 47.0. The summed E-state index contributed by atoms with van der Waals surface area (Å²) < 4.78 is 35.4. The summed E-state index contributed by atoms with van der Waals surface area (Å²) in [6, 6.07) is 20.0. The number of benzene rings is 2. The van der Waals surface area contributed by atoms with Crippen LogP contribution in [0.15, 0.2) is 73.1 Å². The molecule has 5 aliphatic heterocycles. The van der Waals surface area contributed by atoms with Crippen molar-refractivity contribution in [1.29, 1.82) is 0 Å². The highest BCUT2D eigenvalue weighted by Crippen LogP contribution is 2.49. The van der Waals surface area contributed by atoms with Gasteiger partial charge in [-0.3, -0.25) is 9.59 Å². The maximum absolute atomic E-state index is 13.4. The molecule has 18 heteroatoms. The third-order valence-corrected chi connectivity index (χ3v) is 16.7. The van der Waals surface area contributed by atoms with Gasteiger partial charge in [-0.25, -0.2) is 9.97 Å². The van der Waals surface area contributed by atoms with Gasteiger partial charge in [-0.1, -0.05) is 80.7 Å². The highest BCUT2D eigenvalue weighted by atomic mass is 16.7. The van der Waals surface area contributed by atoms with Gasteiger partial charge >= 0.3 is 0 Å². The van der Waals surface area contributed by atoms with Crippen molar-refractivity contribution < 1.29 is 58.4 Å². The number of ether oxygens (including phenoxy) is 6. The molecular formula is C61H90N6O12. The normalized spacial score (nSPS) is 24.8.